The molecule has 4 heteroatoms. The summed E-state index contributed by atoms with van der Waals surface area (Å²) in [7, 11) is 1.66. The van der Waals surface area contributed by atoms with Gasteiger partial charge in [-0.3, -0.25) is 0 Å². The van der Waals surface area contributed by atoms with Crippen molar-refractivity contribution in [3.8, 4) is 11.5 Å². The molecule has 0 aromatic heterocycles. The van der Waals surface area contributed by atoms with Gasteiger partial charge < -0.3 is 19.9 Å². The number of benzene rings is 1. The molecule has 0 aliphatic heterocycles. The second-order valence-corrected chi connectivity index (χ2v) is 4.82. The van der Waals surface area contributed by atoms with Crippen molar-refractivity contribution in [3.63, 3.8) is 0 Å². The number of methoxy groups -OCH3 is 1. The first-order valence-corrected chi connectivity index (χ1v) is 7.33. The van der Waals surface area contributed by atoms with Crippen LogP contribution in [0.1, 0.15) is 31.2 Å². The lowest BCUT2D eigenvalue weighted by molar-refractivity contribution is 0.115. The molecule has 1 aromatic rings. The summed E-state index contributed by atoms with van der Waals surface area (Å²) < 4.78 is 16.5. The molecule has 0 heterocycles. The monoisotopic (exact) mass is 281 g/mol. The minimum Gasteiger partial charge on any atom is -0.493 e. The average molecular weight is 281 g/mol. The van der Waals surface area contributed by atoms with E-state index in [0.29, 0.717) is 6.61 Å². The molecule has 0 saturated heterocycles. The van der Waals surface area contributed by atoms with Crippen LogP contribution in [0.25, 0.3) is 0 Å². The molecule has 0 aliphatic rings. The maximum atomic E-state index is 5.71. The van der Waals surface area contributed by atoms with Crippen LogP contribution in [0.2, 0.25) is 0 Å². The van der Waals surface area contributed by atoms with E-state index in [9.17, 15) is 0 Å². The molecule has 2 N–H and O–H groups in total. The second kappa shape index (κ2) is 10.5. The Labute approximate surface area is 122 Å². The lowest BCUT2D eigenvalue weighted by Crippen LogP contribution is -2.05. The van der Waals surface area contributed by atoms with Gasteiger partial charge in [-0.1, -0.05) is 6.07 Å². The molecule has 0 unspecified atom stereocenters. The van der Waals surface area contributed by atoms with Crippen LogP contribution in [0, 0.1) is 6.92 Å². The summed E-state index contributed by atoms with van der Waals surface area (Å²) in [6, 6.07) is 5.94. The van der Waals surface area contributed by atoms with Crippen molar-refractivity contribution in [1.82, 2.24) is 0 Å². The topological polar surface area (TPSA) is 53.7 Å². The Balaban J connectivity index is 2.09. The molecular weight excluding hydrogens is 254 g/mol. The van der Waals surface area contributed by atoms with E-state index in [2.05, 4.69) is 0 Å². The fourth-order valence-electron chi connectivity index (χ4n) is 1.86. The highest BCUT2D eigenvalue weighted by Crippen LogP contribution is 2.27. The molecule has 1 rings (SSSR count). The van der Waals surface area contributed by atoms with Gasteiger partial charge in [0.2, 0.25) is 0 Å². The van der Waals surface area contributed by atoms with E-state index in [1.165, 1.54) is 0 Å². The van der Waals surface area contributed by atoms with E-state index < -0.39 is 0 Å². The Morgan fingerprint density at radius 3 is 2.50 bits per heavy atom. The summed E-state index contributed by atoms with van der Waals surface area (Å²) in [6.07, 6.45) is 4.20. The van der Waals surface area contributed by atoms with E-state index >= 15 is 0 Å². The molecule has 0 atom stereocenters. The maximum Gasteiger partial charge on any atom is 0.161 e. The fourth-order valence-corrected chi connectivity index (χ4v) is 1.86. The molecule has 114 valence electrons. The number of nitrogens with two attached hydrogens (primary N) is 1. The molecule has 0 aliphatic carbocycles. The Kier molecular flexibility index (Phi) is 8.83. The third-order valence-corrected chi connectivity index (χ3v) is 3.00. The van der Waals surface area contributed by atoms with E-state index in [1.54, 1.807) is 7.11 Å². The van der Waals surface area contributed by atoms with Crippen molar-refractivity contribution in [2.75, 3.05) is 33.5 Å². The molecule has 0 radical (unpaired) electrons. The van der Waals surface area contributed by atoms with Gasteiger partial charge in [0.15, 0.2) is 11.5 Å². The van der Waals surface area contributed by atoms with Gasteiger partial charge in [0.1, 0.15) is 0 Å². The van der Waals surface area contributed by atoms with E-state index in [0.717, 1.165) is 62.5 Å². The number of ether oxygens (including phenoxy) is 3. The minimum atomic E-state index is 0.641. The van der Waals surface area contributed by atoms with Crippen LogP contribution in [0.15, 0.2) is 18.2 Å². The minimum absolute atomic E-state index is 0.641. The van der Waals surface area contributed by atoms with Crippen molar-refractivity contribution in [1.29, 1.82) is 0 Å². The fraction of sp³-hybridized carbons (Fsp3) is 0.625. The number of aryl methyl sites for hydroxylation is 1. The molecule has 20 heavy (non-hydrogen) atoms. The van der Waals surface area contributed by atoms with Crippen LogP contribution >= 0.6 is 0 Å². The van der Waals surface area contributed by atoms with Gasteiger partial charge in [-0.2, -0.15) is 0 Å². The maximum absolute atomic E-state index is 5.71. The summed E-state index contributed by atoms with van der Waals surface area (Å²) in [5.74, 6) is 1.58. The lowest BCUT2D eigenvalue weighted by atomic mass is 10.2. The van der Waals surface area contributed by atoms with Crippen LogP contribution in [-0.2, 0) is 4.74 Å². The molecule has 0 bridgehead atoms. The Bertz CT molecular complexity index is 369. The summed E-state index contributed by atoms with van der Waals surface area (Å²) in [4.78, 5) is 0. The van der Waals surface area contributed by atoms with E-state index in [4.69, 9.17) is 19.9 Å². The van der Waals surface area contributed by atoms with Crippen molar-refractivity contribution in [3.05, 3.63) is 23.8 Å². The predicted octanol–water partition coefficient (Wildman–Crippen LogP) is 2.92. The van der Waals surface area contributed by atoms with Gasteiger partial charge in [-0.25, -0.2) is 0 Å². The van der Waals surface area contributed by atoms with Gasteiger partial charge in [0, 0.05) is 19.6 Å². The summed E-state index contributed by atoms with van der Waals surface area (Å²) in [5.41, 5.74) is 6.59. The first-order valence-electron chi connectivity index (χ1n) is 7.33. The Hall–Kier alpha value is -1.26. The van der Waals surface area contributed by atoms with E-state index in [1.807, 2.05) is 25.1 Å². The first-order chi connectivity index (χ1) is 9.77. The second-order valence-electron chi connectivity index (χ2n) is 4.82. The number of rotatable bonds is 11. The van der Waals surface area contributed by atoms with Crippen molar-refractivity contribution in [2.24, 2.45) is 5.73 Å². The largest absolute Gasteiger partial charge is 0.493 e. The zero-order chi connectivity index (χ0) is 14.6. The number of hydrogen-bond acceptors (Lipinski definition) is 4. The highest BCUT2D eigenvalue weighted by atomic mass is 16.5. The summed E-state index contributed by atoms with van der Waals surface area (Å²) >= 11 is 0. The van der Waals surface area contributed by atoms with Gasteiger partial charge in [0.25, 0.3) is 0 Å². The lowest BCUT2D eigenvalue weighted by Gasteiger charge is -2.11. The molecule has 0 spiro atoms. The molecule has 4 nitrogen and oxygen atoms in total. The van der Waals surface area contributed by atoms with Crippen LogP contribution in [0.5, 0.6) is 11.5 Å². The SMILES string of the molecule is COc1cc(C)ccc1OCCCOCCCCCN. The van der Waals surface area contributed by atoms with Gasteiger partial charge in [-0.15, -0.1) is 0 Å². The smallest absolute Gasteiger partial charge is 0.161 e. The van der Waals surface area contributed by atoms with Crippen LogP contribution < -0.4 is 15.2 Å². The molecule has 1 aromatic carbocycles. The van der Waals surface area contributed by atoms with Crippen LogP contribution in [0.4, 0.5) is 0 Å². The summed E-state index contributed by atoms with van der Waals surface area (Å²) in [5, 5.41) is 0. The molecule has 0 amide bonds. The average Bonchev–Trinajstić information content (AvgIpc) is 2.46. The van der Waals surface area contributed by atoms with E-state index in [-0.39, 0.29) is 0 Å². The molecule has 0 fully saturated rings. The normalized spacial score (nSPS) is 10.6. The quantitative estimate of drug-likeness (QED) is 0.634. The first kappa shape index (κ1) is 16.8. The number of unbranched alkanes of at least 4 members (excludes halogenated alkanes) is 2. The summed E-state index contributed by atoms with van der Waals surface area (Å²) in [6.45, 7) is 4.99. The number of hydrogen-bond donors (Lipinski definition) is 1. The zero-order valence-electron chi connectivity index (χ0n) is 12.7. The highest BCUT2D eigenvalue weighted by Gasteiger charge is 2.03. The van der Waals surface area contributed by atoms with Crippen molar-refractivity contribution < 1.29 is 14.2 Å². The predicted molar refractivity (Wildman–Crippen MR) is 81.6 cm³/mol. The third-order valence-electron chi connectivity index (χ3n) is 3.00. The third kappa shape index (κ3) is 6.78. The van der Waals surface area contributed by atoms with Gasteiger partial charge in [-0.05, 0) is 50.4 Å². The molecular formula is C16H27NO3. The van der Waals surface area contributed by atoms with Crippen molar-refractivity contribution in [2.45, 2.75) is 32.6 Å². The zero-order valence-corrected chi connectivity index (χ0v) is 12.7. The van der Waals surface area contributed by atoms with Gasteiger partial charge in [0.05, 0.1) is 13.7 Å². The van der Waals surface area contributed by atoms with Crippen LogP contribution in [-0.4, -0.2) is 33.5 Å². The van der Waals surface area contributed by atoms with Crippen LogP contribution in [0.3, 0.4) is 0 Å². The Morgan fingerprint density at radius 1 is 0.950 bits per heavy atom. The highest BCUT2D eigenvalue weighted by molar-refractivity contribution is 5.42. The van der Waals surface area contributed by atoms with Gasteiger partial charge >= 0.3 is 0 Å². The Morgan fingerprint density at radius 2 is 1.75 bits per heavy atom. The van der Waals surface area contributed by atoms with Crippen molar-refractivity contribution >= 4 is 0 Å². The molecule has 0 saturated carbocycles. The standard InChI is InChI=1S/C16H27NO3/c1-14-7-8-15(16(13-14)18-2)20-12-6-11-19-10-5-3-4-9-17/h7-8,13H,3-6,9-12,17H2,1-2H3.